The molecule has 0 saturated heterocycles. The van der Waals surface area contributed by atoms with Crippen molar-refractivity contribution in [1.29, 1.82) is 0 Å². The summed E-state index contributed by atoms with van der Waals surface area (Å²) in [7, 11) is 0. The average molecular weight is 313 g/mol. The Morgan fingerprint density at radius 3 is 2.78 bits per heavy atom. The maximum Gasteiger partial charge on any atom is 0.236 e. The lowest BCUT2D eigenvalue weighted by Crippen LogP contribution is -2.30. The molecule has 0 N–H and O–H groups in total. The van der Waals surface area contributed by atoms with E-state index < -0.39 is 0 Å². The van der Waals surface area contributed by atoms with E-state index in [4.69, 9.17) is 9.52 Å². The Labute approximate surface area is 136 Å². The Morgan fingerprint density at radius 2 is 2.09 bits per heavy atom. The molecule has 1 aliphatic carbocycles. The molecule has 2 aromatic rings. The smallest absolute Gasteiger partial charge is 0.236 e. The molecule has 2 heterocycles. The molecule has 3 rings (SSSR count). The molecule has 1 fully saturated rings. The van der Waals surface area contributed by atoms with Gasteiger partial charge in [0.15, 0.2) is 0 Å². The van der Waals surface area contributed by atoms with Gasteiger partial charge in [-0.05, 0) is 38.8 Å². The molecule has 0 radical (unpaired) electrons. The van der Waals surface area contributed by atoms with Crippen LogP contribution >= 0.6 is 0 Å². The highest BCUT2D eigenvalue weighted by Gasteiger charge is 2.16. The third-order valence-electron chi connectivity index (χ3n) is 4.51. The number of carbonyl (C=O) groups is 1. The lowest BCUT2D eigenvalue weighted by Gasteiger charge is -2.17. The largest absolute Gasteiger partial charge is 0.361 e. The summed E-state index contributed by atoms with van der Waals surface area (Å²) < 4.78 is 6.80. The lowest BCUT2D eigenvalue weighted by atomic mass is 9.96. The Bertz CT molecular complexity index is 732. The van der Waals surface area contributed by atoms with E-state index in [1.165, 1.54) is 19.3 Å². The second-order valence-electron chi connectivity index (χ2n) is 6.22. The lowest BCUT2D eigenvalue weighted by molar-refractivity contribution is 0.0907. The van der Waals surface area contributed by atoms with Crippen molar-refractivity contribution < 1.29 is 9.32 Å². The van der Waals surface area contributed by atoms with Gasteiger partial charge in [0, 0.05) is 11.8 Å². The fraction of sp³-hybridized carbons (Fsp3) is 0.500. The van der Waals surface area contributed by atoms with Crippen LogP contribution in [0.1, 0.15) is 53.9 Å². The Morgan fingerprint density at radius 1 is 1.30 bits per heavy atom. The van der Waals surface area contributed by atoms with Crippen molar-refractivity contribution in [2.45, 2.75) is 58.4 Å². The number of nitrogens with zero attached hydrogens (tertiary/aromatic N) is 3. The Hall–Kier alpha value is -2.17. The number of hydrogen-bond donors (Lipinski definition) is 0. The van der Waals surface area contributed by atoms with Crippen molar-refractivity contribution in [2.75, 3.05) is 0 Å². The molecule has 1 saturated carbocycles. The SMILES string of the molecule is Cc1noc(C)c1CC(=O)n1ccccc1=NC1CCCCC1. The van der Waals surface area contributed by atoms with E-state index in [0.717, 1.165) is 29.6 Å². The van der Waals surface area contributed by atoms with Gasteiger partial charge in [-0.25, -0.2) is 0 Å². The highest BCUT2D eigenvalue weighted by atomic mass is 16.5. The summed E-state index contributed by atoms with van der Waals surface area (Å²) in [6.07, 6.45) is 8.07. The second kappa shape index (κ2) is 6.94. The van der Waals surface area contributed by atoms with E-state index in [9.17, 15) is 4.79 Å². The van der Waals surface area contributed by atoms with E-state index in [-0.39, 0.29) is 12.3 Å². The topological polar surface area (TPSA) is 60.4 Å². The number of aryl methyl sites for hydroxylation is 2. The van der Waals surface area contributed by atoms with Gasteiger partial charge >= 0.3 is 0 Å². The summed E-state index contributed by atoms with van der Waals surface area (Å²) >= 11 is 0. The van der Waals surface area contributed by atoms with Crippen LogP contribution in [0.2, 0.25) is 0 Å². The molecule has 122 valence electrons. The fourth-order valence-electron chi connectivity index (χ4n) is 3.14. The molecular formula is C18H23N3O2. The monoisotopic (exact) mass is 313 g/mol. The molecule has 5 heteroatoms. The standard InChI is InChI=1S/C18H23N3O2/c1-13-16(14(2)23-20-13)12-18(22)21-11-7-6-10-17(21)19-15-8-4-3-5-9-15/h6-7,10-11,15H,3-5,8-9,12H2,1-2H3. The number of aromatic nitrogens is 2. The Balaban J connectivity index is 1.87. The first-order chi connectivity index (χ1) is 11.1. The molecule has 23 heavy (non-hydrogen) atoms. The zero-order valence-corrected chi connectivity index (χ0v) is 13.8. The summed E-state index contributed by atoms with van der Waals surface area (Å²) in [5.41, 5.74) is 2.39. The van der Waals surface area contributed by atoms with E-state index in [2.05, 4.69) is 5.16 Å². The van der Waals surface area contributed by atoms with Gasteiger partial charge in [0.25, 0.3) is 0 Å². The van der Waals surface area contributed by atoms with Gasteiger partial charge in [0.05, 0.1) is 18.2 Å². The van der Waals surface area contributed by atoms with Crippen LogP contribution in [0.5, 0.6) is 0 Å². The number of pyridine rings is 1. The molecule has 0 aliphatic heterocycles. The summed E-state index contributed by atoms with van der Waals surface area (Å²) in [5, 5.41) is 3.92. The molecule has 0 aromatic carbocycles. The predicted octanol–water partition coefficient (Wildman–Crippen LogP) is 3.21. The van der Waals surface area contributed by atoms with E-state index in [1.807, 2.05) is 32.0 Å². The Kier molecular flexibility index (Phi) is 4.74. The molecule has 1 aliphatic rings. The molecule has 0 atom stereocenters. The minimum Gasteiger partial charge on any atom is -0.361 e. The summed E-state index contributed by atoms with van der Waals surface area (Å²) in [5.74, 6) is 0.702. The van der Waals surface area contributed by atoms with Gasteiger partial charge in [-0.3, -0.25) is 14.4 Å². The van der Waals surface area contributed by atoms with Crippen LogP contribution in [0.3, 0.4) is 0 Å². The van der Waals surface area contributed by atoms with Crippen molar-refractivity contribution in [3.63, 3.8) is 0 Å². The predicted molar refractivity (Wildman–Crippen MR) is 87.2 cm³/mol. The van der Waals surface area contributed by atoms with Crippen LogP contribution in [0, 0.1) is 13.8 Å². The van der Waals surface area contributed by atoms with Crippen LogP contribution in [-0.2, 0) is 6.42 Å². The molecule has 0 amide bonds. The average Bonchev–Trinajstić information content (AvgIpc) is 2.88. The van der Waals surface area contributed by atoms with Crippen molar-refractivity contribution in [1.82, 2.24) is 9.72 Å². The van der Waals surface area contributed by atoms with Crippen LogP contribution in [-0.4, -0.2) is 21.7 Å². The third kappa shape index (κ3) is 3.60. The molecular weight excluding hydrogens is 290 g/mol. The van der Waals surface area contributed by atoms with Crippen molar-refractivity contribution in [2.24, 2.45) is 4.99 Å². The molecule has 0 bridgehead atoms. The number of rotatable bonds is 3. The van der Waals surface area contributed by atoms with Crippen LogP contribution in [0.25, 0.3) is 0 Å². The minimum absolute atomic E-state index is 0.00504. The van der Waals surface area contributed by atoms with Crippen LogP contribution < -0.4 is 5.49 Å². The normalized spacial score (nSPS) is 16.7. The highest BCUT2D eigenvalue weighted by molar-refractivity contribution is 5.81. The number of hydrogen-bond acceptors (Lipinski definition) is 4. The first-order valence-corrected chi connectivity index (χ1v) is 8.31. The molecule has 2 aromatic heterocycles. The first kappa shape index (κ1) is 15.7. The highest BCUT2D eigenvalue weighted by Crippen LogP contribution is 2.19. The van der Waals surface area contributed by atoms with Crippen molar-refractivity contribution in [3.05, 3.63) is 46.9 Å². The van der Waals surface area contributed by atoms with Gasteiger partial charge in [0.2, 0.25) is 5.91 Å². The quantitative estimate of drug-likeness (QED) is 0.874. The molecule has 0 spiro atoms. The maximum absolute atomic E-state index is 12.7. The van der Waals surface area contributed by atoms with Crippen LogP contribution in [0.15, 0.2) is 33.9 Å². The maximum atomic E-state index is 12.7. The van der Waals surface area contributed by atoms with Gasteiger partial charge in [-0.2, -0.15) is 0 Å². The summed E-state index contributed by atoms with van der Waals surface area (Å²) in [4.78, 5) is 17.5. The molecule has 5 nitrogen and oxygen atoms in total. The molecule has 0 unspecified atom stereocenters. The van der Waals surface area contributed by atoms with Crippen molar-refractivity contribution >= 4 is 5.91 Å². The van der Waals surface area contributed by atoms with Gasteiger partial charge in [0.1, 0.15) is 11.2 Å². The zero-order chi connectivity index (χ0) is 16.2. The van der Waals surface area contributed by atoms with Crippen LogP contribution in [0.4, 0.5) is 0 Å². The van der Waals surface area contributed by atoms with E-state index >= 15 is 0 Å². The van der Waals surface area contributed by atoms with E-state index in [1.54, 1.807) is 10.8 Å². The van der Waals surface area contributed by atoms with Crippen molar-refractivity contribution in [3.8, 4) is 0 Å². The van der Waals surface area contributed by atoms with Gasteiger partial charge in [-0.1, -0.05) is 30.5 Å². The minimum atomic E-state index is -0.00504. The van der Waals surface area contributed by atoms with Gasteiger partial charge in [-0.15, -0.1) is 0 Å². The zero-order valence-electron chi connectivity index (χ0n) is 13.8. The summed E-state index contributed by atoms with van der Waals surface area (Å²) in [6.45, 7) is 3.70. The third-order valence-corrected chi connectivity index (χ3v) is 4.51. The number of carbonyl (C=O) groups excluding carboxylic acids is 1. The van der Waals surface area contributed by atoms with E-state index in [0.29, 0.717) is 11.8 Å². The second-order valence-corrected chi connectivity index (χ2v) is 6.22. The first-order valence-electron chi connectivity index (χ1n) is 8.31. The summed E-state index contributed by atoms with van der Waals surface area (Å²) in [6, 6.07) is 6.05. The van der Waals surface area contributed by atoms with Gasteiger partial charge < -0.3 is 4.52 Å². The fourth-order valence-corrected chi connectivity index (χ4v) is 3.14.